The van der Waals surface area contributed by atoms with Crippen LogP contribution in [0.3, 0.4) is 0 Å². The Morgan fingerprint density at radius 1 is 1.25 bits per heavy atom. The number of nitrogens with zero attached hydrogens (tertiary/aromatic N) is 1. The van der Waals surface area contributed by atoms with Crippen molar-refractivity contribution in [3.63, 3.8) is 0 Å². The van der Waals surface area contributed by atoms with Gasteiger partial charge < -0.3 is 10.5 Å². The molecule has 0 amide bonds. The third-order valence-corrected chi connectivity index (χ3v) is 3.52. The highest BCUT2D eigenvalue weighted by atomic mass is 16.5. The Labute approximate surface area is 122 Å². The van der Waals surface area contributed by atoms with Gasteiger partial charge in [0.1, 0.15) is 5.75 Å². The molecule has 0 aliphatic heterocycles. The van der Waals surface area contributed by atoms with Gasteiger partial charge in [0.15, 0.2) is 0 Å². The van der Waals surface area contributed by atoms with Crippen molar-refractivity contribution in [2.45, 2.75) is 52.5 Å². The van der Waals surface area contributed by atoms with Crippen LogP contribution < -0.4 is 10.5 Å². The Balaban J connectivity index is 2.28. The molecule has 1 atom stereocenters. The van der Waals surface area contributed by atoms with E-state index in [9.17, 15) is 0 Å². The molecular weight excluding hydrogens is 248 g/mol. The fraction of sp³-hybridized carbons (Fsp3) is 0.588. The van der Waals surface area contributed by atoms with Crippen LogP contribution in [-0.2, 0) is 0 Å². The van der Waals surface area contributed by atoms with Gasteiger partial charge in [-0.25, -0.2) is 0 Å². The molecule has 0 aromatic heterocycles. The lowest BCUT2D eigenvalue weighted by atomic mass is 9.89. The van der Waals surface area contributed by atoms with Gasteiger partial charge in [0.05, 0.1) is 18.1 Å². The van der Waals surface area contributed by atoms with E-state index >= 15 is 0 Å². The summed E-state index contributed by atoms with van der Waals surface area (Å²) in [7, 11) is 0. The Hall–Kier alpha value is -1.53. The van der Waals surface area contributed by atoms with Gasteiger partial charge in [-0.3, -0.25) is 0 Å². The first-order valence-corrected chi connectivity index (χ1v) is 7.38. The number of unbranched alkanes of at least 4 members (excludes halogenated alkanes) is 1. The van der Waals surface area contributed by atoms with Crippen molar-refractivity contribution < 1.29 is 4.74 Å². The van der Waals surface area contributed by atoms with Gasteiger partial charge in [-0.15, -0.1) is 0 Å². The Bertz CT molecular complexity index is 431. The van der Waals surface area contributed by atoms with E-state index in [0.29, 0.717) is 6.61 Å². The maximum atomic E-state index is 8.93. The molecule has 0 heterocycles. The smallest absolute Gasteiger partial charge is 0.119 e. The maximum absolute atomic E-state index is 8.93. The van der Waals surface area contributed by atoms with Crippen LogP contribution in [0.25, 0.3) is 0 Å². The molecule has 1 rings (SSSR count). The van der Waals surface area contributed by atoms with Crippen LogP contribution in [0.4, 0.5) is 0 Å². The first-order chi connectivity index (χ1) is 9.48. The highest BCUT2D eigenvalue weighted by Gasteiger charge is 2.15. The maximum Gasteiger partial charge on any atom is 0.119 e. The van der Waals surface area contributed by atoms with Gasteiger partial charge >= 0.3 is 0 Å². The van der Waals surface area contributed by atoms with Crippen LogP contribution in [0, 0.1) is 16.7 Å². The SMILES string of the molecule is CC[C@H](N)c1ccc(OCCCCC(C)(C)C#N)cc1. The summed E-state index contributed by atoms with van der Waals surface area (Å²) < 4.78 is 5.70. The summed E-state index contributed by atoms with van der Waals surface area (Å²) in [6.07, 6.45) is 3.84. The Morgan fingerprint density at radius 2 is 1.90 bits per heavy atom. The molecule has 0 radical (unpaired) electrons. The molecule has 0 aliphatic carbocycles. The zero-order chi connectivity index (χ0) is 15.0. The monoisotopic (exact) mass is 274 g/mol. The number of nitriles is 1. The topological polar surface area (TPSA) is 59.0 Å². The largest absolute Gasteiger partial charge is 0.494 e. The van der Waals surface area contributed by atoms with E-state index in [1.54, 1.807) is 0 Å². The summed E-state index contributed by atoms with van der Waals surface area (Å²) in [5.74, 6) is 0.886. The predicted octanol–water partition coefficient (Wildman–Crippen LogP) is 4.20. The normalized spacial score (nSPS) is 12.8. The fourth-order valence-corrected chi connectivity index (χ4v) is 1.96. The van der Waals surface area contributed by atoms with Crippen molar-refractivity contribution in [1.82, 2.24) is 0 Å². The zero-order valence-electron chi connectivity index (χ0n) is 12.9. The molecule has 0 bridgehead atoms. The molecule has 0 saturated heterocycles. The molecule has 110 valence electrons. The molecule has 0 saturated carbocycles. The van der Waals surface area contributed by atoms with Crippen molar-refractivity contribution in [3.8, 4) is 11.8 Å². The van der Waals surface area contributed by atoms with Gasteiger partial charge in [-0.05, 0) is 57.2 Å². The van der Waals surface area contributed by atoms with Crippen LogP contribution in [-0.4, -0.2) is 6.61 Å². The molecule has 0 aliphatic rings. The van der Waals surface area contributed by atoms with E-state index in [1.165, 1.54) is 0 Å². The highest BCUT2D eigenvalue weighted by Crippen LogP contribution is 2.22. The van der Waals surface area contributed by atoms with E-state index < -0.39 is 0 Å². The van der Waals surface area contributed by atoms with Crippen LogP contribution in [0.5, 0.6) is 5.75 Å². The van der Waals surface area contributed by atoms with Crippen LogP contribution in [0.1, 0.15) is 58.1 Å². The highest BCUT2D eigenvalue weighted by molar-refractivity contribution is 5.28. The fourth-order valence-electron chi connectivity index (χ4n) is 1.96. The molecule has 3 heteroatoms. The molecule has 3 nitrogen and oxygen atoms in total. The molecule has 0 fully saturated rings. The third-order valence-electron chi connectivity index (χ3n) is 3.52. The number of hydrogen-bond donors (Lipinski definition) is 1. The van der Waals surface area contributed by atoms with E-state index in [2.05, 4.69) is 13.0 Å². The quantitative estimate of drug-likeness (QED) is 0.723. The van der Waals surface area contributed by atoms with Crippen LogP contribution in [0.15, 0.2) is 24.3 Å². The molecule has 20 heavy (non-hydrogen) atoms. The third kappa shape index (κ3) is 5.63. The second-order valence-corrected chi connectivity index (χ2v) is 5.89. The van der Waals surface area contributed by atoms with E-state index in [-0.39, 0.29) is 11.5 Å². The number of nitrogens with two attached hydrogens (primary N) is 1. The van der Waals surface area contributed by atoms with Gasteiger partial charge in [0.25, 0.3) is 0 Å². The first kappa shape index (κ1) is 16.5. The molecule has 1 aromatic carbocycles. The predicted molar refractivity (Wildman–Crippen MR) is 82.4 cm³/mol. The minimum absolute atomic E-state index is 0.109. The second-order valence-electron chi connectivity index (χ2n) is 5.89. The zero-order valence-corrected chi connectivity index (χ0v) is 12.9. The van der Waals surface area contributed by atoms with E-state index in [0.717, 1.165) is 37.0 Å². The summed E-state index contributed by atoms with van der Waals surface area (Å²) in [6.45, 7) is 6.73. The van der Waals surface area contributed by atoms with Crippen molar-refractivity contribution in [2.75, 3.05) is 6.61 Å². The van der Waals surface area contributed by atoms with Crippen molar-refractivity contribution >= 4 is 0 Å². The summed E-state index contributed by atoms with van der Waals surface area (Å²) in [5.41, 5.74) is 6.90. The Kier molecular flexibility index (Phi) is 6.54. The minimum atomic E-state index is -0.224. The van der Waals surface area contributed by atoms with Crippen molar-refractivity contribution in [1.29, 1.82) is 5.26 Å². The number of ether oxygens (including phenoxy) is 1. The molecule has 2 N–H and O–H groups in total. The number of benzene rings is 1. The summed E-state index contributed by atoms with van der Waals surface area (Å²) in [6, 6.07) is 10.4. The summed E-state index contributed by atoms with van der Waals surface area (Å²) >= 11 is 0. The van der Waals surface area contributed by atoms with Crippen LogP contribution in [0.2, 0.25) is 0 Å². The van der Waals surface area contributed by atoms with Gasteiger partial charge in [-0.1, -0.05) is 19.1 Å². The average Bonchev–Trinajstić information content (AvgIpc) is 2.46. The second kappa shape index (κ2) is 7.91. The molecule has 0 spiro atoms. The van der Waals surface area contributed by atoms with E-state index in [1.807, 2.05) is 38.1 Å². The van der Waals surface area contributed by atoms with E-state index in [4.69, 9.17) is 15.7 Å². The van der Waals surface area contributed by atoms with Crippen molar-refractivity contribution in [2.24, 2.45) is 11.1 Å². The van der Waals surface area contributed by atoms with Gasteiger partial charge in [-0.2, -0.15) is 5.26 Å². The molecule has 1 aromatic rings. The molecule has 0 unspecified atom stereocenters. The standard InChI is InChI=1S/C17H26N2O/c1-4-16(19)14-7-9-15(10-8-14)20-12-6-5-11-17(2,3)13-18/h7-10,16H,4-6,11-12,19H2,1-3H3/t16-/m0/s1. The Morgan fingerprint density at radius 3 is 2.45 bits per heavy atom. The summed E-state index contributed by atoms with van der Waals surface area (Å²) in [4.78, 5) is 0. The molecular formula is C17H26N2O. The minimum Gasteiger partial charge on any atom is -0.494 e. The van der Waals surface area contributed by atoms with Gasteiger partial charge in [0.2, 0.25) is 0 Å². The lowest BCUT2D eigenvalue weighted by Gasteiger charge is -2.14. The lowest BCUT2D eigenvalue weighted by Crippen LogP contribution is -2.09. The van der Waals surface area contributed by atoms with Crippen molar-refractivity contribution in [3.05, 3.63) is 29.8 Å². The number of rotatable bonds is 8. The lowest BCUT2D eigenvalue weighted by molar-refractivity contribution is 0.295. The number of hydrogen-bond acceptors (Lipinski definition) is 3. The summed E-state index contributed by atoms with van der Waals surface area (Å²) in [5, 5.41) is 8.93. The first-order valence-electron chi connectivity index (χ1n) is 7.38. The van der Waals surface area contributed by atoms with Crippen LogP contribution >= 0.6 is 0 Å². The van der Waals surface area contributed by atoms with Gasteiger partial charge in [0, 0.05) is 6.04 Å². The average molecular weight is 274 g/mol.